The second-order valence-corrected chi connectivity index (χ2v) is 4.97. The van der Waals surface area contributed by atoms with Crippen LogP contribution in [-0.2, 0) is 9.59 Å². The minimum atomic E-state index is -0.0409. The second kappa shape index (κ2) is 8.69. The molecule has 4 nitrogen and oxygen atoms in total. The summed E-state index contributed by atoms with van der Waals surface area (Å²) in [6.07, 6.45) is 2.80. The average Bonchev–Trinajstić information content (AvgIpc) is 2.39. The van der Waals surface area contributed by atoms with Gasteiger partial charge >= 0.3 is 0 Å². The van der Waals surface area contributed by atoms with Gasteiger partial charge in [0.25, 0.3) is 0 Å². The number of carbonyl (C=O) groups excluding carboxylic acids is 2. The van der Waals surface area contributed by atoms with Gasteiger partial charge in [-0.1, -0.05) is 28.9 Å². The first kappa shape index (κ1) is 15.7. The van der Waals surface area contributed by atoms with E-state index in [1.165, 1.54) is 0 Å². The van der Waals surface area contributed by atoms with Gasteiger partial charge < -0.3 is 10.6 Å². The molecule has 1 aromatic carbocycles. The molecule has 0 aromatic heterocycles. The van der Waals surface area contributed by atoms with Gasteiger partial charge in [0.2, 0.25) is 11.8 Å². The van der Waals surface area contributed by atoms with Crippen molar-refractivity contribution in [3.63, 3.8) is 0 Å². The van der Waals surface area contributed by atoms with Crippen LogP contribution in [0.3, 0.4) is 0 Å². The van der Waals surface area contributed by atoms with Crippen molar-refractivity contribution in [2.45, 2.75) is 32.6 Å². The normalized spacial score (nSPS) is 10.0. The standard InChI is InChI=1S/C14H19BrN2O2/c1-2-13(18)16-11-6-5-7-12(10-11)17-14(19)8-3-4-9-15/h5-7,10H,2-4,8-9H2,1H3,(H,16,18)(H,17,19). The van der Waals surface area contributed by atoms with Crippen LogP contribution in [0.5, 0.6) is 0 Å². The van der Waals surface area contributed by atoms with Gasteiger partial charge in [-0.25, -0.2) is 0 Å². The predicted molar refractivity (Wildman–Crippen MR) is 81.6 cm³/mol. The number of nitrogens with one attached hydrogen (secondary N) is 2. The maximum atomic E-state index is 11.7. The van der Waals surface area contributed by atoms with Gasteiger partial charge in [-0.2, -0.15) is 0 Å². The Labute approximate surface area is 122 Å². The molecule has 0 fully saturated rings. The Bertz CT molecular complexity index is 435. The Morgan fingerprint density at radius 3 is 2.32 bits per heavy atom. The fraction of sp³-hybridized carbons (Fsp3) is 0.429. The van der Waals surface area contributed by atoms with Crippen molar-refractivity contribution in [3.05, 3.63) is 24.3 Å². The molecule has 2 amide bonds. The molecular weight excluding hydrogens is 308 g/mol. The summed E-state index contributed by atoms with van der Waals surface area (Å²) in [5, 5.41) is 6.50. The van der Waals surface area contributed by atoms with Gasteiger partial charge in [0.05, 0.1) is 0 Å². The van der Waals surface area contributed by atoms with E-state index in [0.717, 1.165) is 18.2 Å². The van der Waals surface area contributed by atoms with E-state index >= 15 is 0 Å². The third-order valence-corrected chi connectivity index (χ3v) is 3.10. The summed E-state index contributed by atoms with van der Waals surface area (Å²) in [7, 11) is 0. The van der Waals surface area contributed by atoms with Gasteiger partial charge in [-0.3, -0.25) is 9.59 Å². The number of hydrogen-bond donors (Lipinski definition) is 2. The van der Waals surface area contributed by atoms with Gasteiger partial charge in [0, 0.05) is 29.5 Å². The minimum absolute atomic E-state index is 0.0000759. The smallest absolute Gasteiger partial charge is 0.224 e. The molecule has 0 heterocycles. The molecule has 0 atom stereocenters. The summed E-state index contributed by atoms with van der Waals surface area (Å²) < 4.78 is 0. The van der Waals surface area contributed by atoms with E-state index in [9.17, 15) is 9.59 Å². The Kier molecular flexibility index (Phi) is 7.18. The lowest BCUT2D eigenvalue weighted by Gasteiger charge is -2.08. The zero-order valence-corrected chi connectivity index (χ0v) is 12.6. The number of alkyl halides is 1. The van der Waals surface area contributed by atoms with Crippen molar-refractivity contribution < 1.29 is 9.59 Å². The average molecular weight is 327 g/mol. The lowest BCUT2D eigenvalue weighted by molar-refractivity contribution is -0.116. The Balaban J connectivity index is 2.52. The third-order valence-electron chi connectivity index (χ3n) is 2.54. The quantitative estimate of drug-likeness (QED) is 0.594. The zero-order valence-electron chi connectivity index (χ0n) is 11.0. The molecule has 0 saturated carbocycles. The number of amides is 2. The van der Waals surface area contributed by atoms with Gasteiger partial charge in [0.15, 0.2) is 0 Å². The van der Waals surface area contributed by atoms with Crippen LogP contribution >= 0.6 is 15.9 Å². The van der Waals surface area contributed by atoms with Crippen LogP contribution in [-0.4, -0.2) is 17.1 Å². The molecular formula is C14H19BrN2O2. The van der Waals surface area contributed by atoms with Crippen molar-refractivity contribution in [1.82, 2.24) is 0 Å². The number of anilines is 2. The number of benzene rings is 1. The van der Waals surface area contributed by atoms with Crippen molar-refractivity contribution in [2.24, 2.45) is 0 Å². The zero-order chi connectivity index (χ0) is 14.1. The molecule has 0 saturated heterocycles. The van der Waals surface area contributed by atoms with E-state index in [1.807, 2.05) is 6.07 Å². The number of halogens is 1. The van der Waals surface area contributed by atoms with Crippen LogP contribution < -0.4 is 10.6 Å². The highest BCUT2D eigenvalue weighted by molar-refractivity contribution is 9.09. The fourth-order valence-corrected chi connectivity index (χ4v) is 1.92. The first-order valence-electron chi connectivity index (χ1n) is 6.41. The van der Waals surface area contributed by atoms with E-state index in [4.69, 9.17) is 0 Å². The molecule has 2 N–H and O–H groups in total. The molecule has 0 aliphatic carbocycles. The van der Waals surface area contributed by atoms with Crippen molar-refractivity contribution >= 4 is 39.1 Å². The maximum Gasteiger partial charge on any atom is 0.224 e. The van der Waals surface area contributed by atoms with E-state index in [-0.39, 0.29) is 11.8 Å². The Hall–Kier alpha value is -1.36. The maximum absolute atomic E-state index is 11.7. The molecule has 104 valence electrons. The Morgan fingerprint density at radius 2 is 1.74 bits per heavy atom. The molecule has 0 radical (unpaired) electrons. The summed E-state index contributed by atoms with van der Waals surface area (Å²) in [4.78, 5) is 22.9. The number of unbranched alkanes of at least 4 members (excludes halogenated alkanes) is 1. The monoisotopic (exact) mass is 326 g/mol. The van der Waals surface area contributed by atoms with Crippen molar-refractivity contribution in [1.29, 1.82) is 0 Å². The molecule has 1 rings (SSSR count). The lowest BCUT2D eigenvalue weighted by Crippen LogP contribution is -2.12. The molecule has 5 heteroatoms. The summed E-state index contributed by atoms with van der Waals surface area (Å²) in [6.45, 7) is 1.80. The number of rotatable bonds is 7. The predicted octanol–water partition coefficient (Wildman–Crippen LogP) is 3.54. The molecule has 0 aliphatic rings. The fourth-order valence-electron chi connectivity index (χ4n) is 1.53. The highest BCUT2D eigenvalue weighted by atomic mass is 79.9. The minimum Gasteiger partial charge on any atom is -0.326 e. The number of hydrogen-bond acceptors (Lipinski definition) is 2. The lowest BCUT2D eigenvalue weighted by atomic mass is 10.2. The highest BCUT2D eigenvalue weighted by Gasteiger charge is 2.04. The summed E-state index contributed by atoms with van der Waals surface area (Å²) in [6, 6.07) is 7.17. The topological polar surface area (TPSA) is 58.2 Å². The molecule has 0 unspecified atom stereocenters. The highest BCUT2D eigenvalue weighted by Crippen LogP contribution is 2.15. The molecule has 1 aromatic rings. The van der Waals surface area contributed by atoms with Gasteiger partial charge in [-0.05, 0) is 31.0 Å². The van der Waals surface area contributed by atoms with Crippen LogP contribution in [0.4, 0.5) is 11.4 Å². The molecule has 0 aliphatic heterocycles. The van der Waals surface area contributed by atoms with Crippen LogP contribution in [0, 0.1) is 0 Å². The molecule has 0 bridgehead atoms. The first-order chi connectivity index (χ1) is 9.15. The number of carbonyl (C=O) groups is 2. The molecule has 0 spiro atoms. The van der Waals surface area contributed by atoms with E-state index in [0.29, 0.717) is 24.2 Å². The third kappa shape index (κ3) is 6.38. The van der Waals surface area contributed by atoms with Crippen LogP contribution in [0.15, 0.2) is 24.3 Å². The van der Waals surface area contributed by atoms with E-state index in [1.54, 1.807) is 25.1 Å². The van der Waals surface area contributed by atoms with Crippen LogP contribution in [0.25, 0.3) is 0 Å². The Morgan fingerprint density at radius 1 is 1.11 bits per heavy atom. The van der Waals surface area contributed by atoms with E-state index in [2.05, 4.69) is 26.6 Å². The van der Waals surface area contributed by atoms with E-state index < -0.39 is 0 Å². The second-order valence-electron chi connectivity index (χ2n) is 4.18. The largest absolute Gasteiger partial charge is 0.326 e. The van der Waals surface area contributed by atoms with Crippen LogP contribution in [0.2, 0.25) is 0 Å². The van der Waals surface area contributed by atoms with Crippen LogP contribution in [0.1, 0.15) is 32.6 Å². The van der Waals surface area contributed by atoms with Gasteiger partial charge in [-0.15, -0.1) is 0 Å². The van der Waals surface area contributed by atoms with Crippen molar-refractivity contribution in [2.75, 3.05) is 16.0 Å². The van der Waals surface area contributed by atoms with Crippen molar-refractivity contribution in [3.8, 4) is 0 Å². The van der Waals surface area contributed by atoms with Gasteiger partial charge in [0.1, 0.15) is 0 Å². The summed E-state index contributed by atoms with van der Waals surface area (Å²) in [5.74, 6) is -0.0410. The SMILES string of the molecule is CCC(=O)Nc1cccc(NC(=O)CCCCBr)c1. The summed E-state index contributed by atoms with van der Waals surface area (Å²) >= 11 is 3.33. The summed E-state index contributed by atoms with van der Waals surface area (Å²) in [5.41, 5.74) is 1.41. The first-order valence-corrected chi connectivity index (χ1v) is 7.53. The molecule has 19 heavy (non-hydrogen) atoms.